The van der Waals surface area contributed by atoms with E-state index < -0.39 is 4.92 Å². The van der Waals surface area contributed by atoms with Crippen molar-refractivity contribution in [3.8, 4) is 5.75 Å². The standard InChI is InChI=1S/C13H18N2O5/c1-3-9(2)14-13(17)8-20-12-5-4-10(7-16)6-11(12)15(18)19/h4-6,9,16H,3,7-8H2,1-2H3,(H,14,17). The molecular weight excluding hydrogens is 264 g/mol. The largest absolute Gasteiger partial charge is 0.477 e. The third kappa shape index (κ3) is 4.51. The first-order valence-corrected chi connectivity index (χ1v) is 6.28. The maximum Gasteiger partial charge on any atom is 0.311 e. The Morgan fingerprint density at radius 2 is 2.25 bits per heavy atom. The van der Waals surface area contributed by atoms with Crippen LogP contribution >= 0.6 is 0 Å². The van der Waals surface area contributed by atoms with Crippen molar-refractivity contribution in [2.24, 2.45) is 0 Å². The number of aliphatic hydroxyl groups is 1. The van der Waals surface area contributed by atoms with Gasteiger partial charge in [0, 0.05) is 12.1 Å². The highest BCUT2D eigenvalue weighted by molar-refractivity contribution is 5.77. The number of aliphatic hydroxyl groups excluding tert-OH is 1. The Kier molecular flexibility index (Phi) is 5.92. The van der Waals surface area contributed by atoms with Crippen LogP contribution in [0.15, 0.2) is 18.2 Å². The van der Waals surface area contributed by atoms with Gasteiger partial charge in [-0.3, -0.25) is 14.9 Å². The lowest BCUT2D eigenvalue weighted by molar-refractivity contribution is -0.385. The number of hydrogen-bond acceptors (Lipinski definition) is 5. The zero-order valence-corrected chi connectivity index (χ0v) is 11.5. The second-order valence-corrected chi connectivity index (χ2v) is 4.38. The first kappa shape index (κ1) is 15.9. The Bertz CT molecular complexity index is 490. The van der Waals surface area contributed by atoms with E-state index in [-0.39, 0.29) is 36.6 Å². The third-order valence-electron chi connectivity index (χ3n) is 2.78. The van der Waals surface area contributed by atoms with E-state index in [2.05, 4.69) is 5.32 Å². The number of benzene rings is 1. The fraction of sp³-hybridized carbons (Fsp3) is 0.462. The molecule has 0 radical (unpaired) electrons. The van der Waals surface area contributed by atoms with E-state index in [1.807, 2.05) is 13.8 Å². The van der Waals surface area contributed by atoms with Gasteiger partial charge in [-0.05, 0) is 25.0 Å². The van der Waals surface area contributed by atoms with Gasteiger partial charge in [-0.2, -0.15) is 0 Å². The fourth-order valence-electron chi connectivity index (χ4n) is 1.49. The van der Waals surface area contributed by atoms with Crippen molar-refractivity contribution in [2.75, 3.05) is 6.61 Å². The van der Waals surface area contributed by atoms with Gasteiger partial charge in [0.15, 0.2) is 12.4 Å². The van der Waals surface area contributed by atoms with E-state index in [9.17, 15) is 14.9 Å². The molecule has 0 aliphatic heterocycles. The van der Waals surface area contributed by atoms with Crippen molar-refractivity contribution < 1.29 is 19.6 Å². The zero-order chi connectivity index (χ0) is 15.1. The van der Waals surface area contributed by atoms with E-state index in [1.54, 1.807) is 0 Å². The summed E-state index contributed by atoms with van der Waals surface area (Å²) in [5.41, 5.74) is 0.140. The van der Waals surface area contributed by atoms with Gasteiger partial charge in [0.1, 0.15) is 0 Å². The molecule has 0 heterocycles. The van der Waals surface area contributed by atoms with Crippen molar-refractivity contribution in [3.63, 3.8) is 0 Å². The van der Waals surface area contributed by atoms with Gasteiger partial charge in [-0.1, -0.05) is 13.0 Å². The summed E-state index contributed by atoms with van der Waals surface area (Å²) in [5, 5.41) is 22.6. The number of nitro groups is 1. The molecule has 0 saturated heterocycles. The molecule has 0 aliphatic carbocycles. The summed E-state index contributed by atoms with van der Waals surface area (Å²) in [4.78, 5) is 21.8. The lowest BCUT2D eigenvalue weighted by Crippen LogP contribution is -2.35. The zero-order valence-electron chi connectivity index (χ0n) is 11.5. The van der Waals surface area contributed by atoms with Crippen LogP contribution in [-0.2, 0) is 11.4 Å². The number of nitrogens with one attached hydrogen (secondary N) is 1. The lowest BCUT2D eigenvalue weighted by atomic mass is 10.2. The molecule has 1 rings (SSSR count). The predicted octanol–water partition coefficient (Wildman–Crippen LogP) is 1.38. The Hall–Kier alpha value is -2.15. The summed E-state index contributed by atoms with van der Waals surface area (Å²) < 4.78 is 5.17. The second-order valence-electron chi connectivity index (χ2n) is 4.38. The Balaban J connectivity index is 2.72. The minimum absolute atomic E-state index is 0.00602. The van der Waals surface area contributed by atoms with Crippen molar-refractivity contribution >= 4 is 11.6 Å². The van der Waals surface area contributed by atoms with Gasteiger partial charge in [-0.15, -0.1) is 0 Å². The van der Waals surface area contributed by atoms with Crippen LogP contribution in [0.4, 0.5) is 5.69 Å². The van der Waals surface area contributed by atoms with Gasteiger partial charge in [0.25, 0.3) is 5.91 Å². The Morgan fingerprint density at radius 1 is 1.55 bits per heavy atom. The molecule has 7 heteroatoms. The van der Waals surface area contributed by atoms with Crippen molar-refractivity contribution in [1.29, 1.82) is 0 Å². The molecule has 1 amide bonds. The quantitative estimate of drug-likeness (QED) is 0.581. The molecule has 1 atom stereocenters. The van der Waals surface area contributed by atoms with Crippen LogP contribution in [0.3, 0.4) is 0 Å². The highest BCUT2D eigenvalue weighted by atomic mass is 16.6. The van der Waals surface area contributed by atoms with Crippen LogP contribution in [0.25, 0.3) is 0 Å². The average Bonchev–Trinajstić information content (AvgIpc) is 2.44. The number of hydrogen-bond donors (Lipinski definition) is 2. The summed E-state index contributed by atoms with van der Waals surface area (Å²) in [6.07, 6.45) is 0.789. The van der Waals surface area contributed by atoms with Gasteiger partial charge in [-0.25, -0.2) is 0 Å². The smallest absolute Gasteiger partial charge is 0.311 e. The number of amides is 1. The Labute approximate surface area is 116 Å². The summed E-state index contributed by atoms with van der Waals surface area (Å²) in [5.74, 6) is -0.327. The number of ether oxygens (including phenoxy) is 1. The van der Waals surface area contributed by atoms with Crippen molar-refractivity contribution in [3.05, 3.63) is 33.9 Å². The first-order valence-electron chi connectivity index (χ1n) is 6.28. The molecule has 0 aromatic heterocycles. The van der Waals surface area contributed by atoms with E-state index in [1.165, 1.54) is 18.2 Å². The minimum atomic E-state index is -0.610. The van der Waals surface area contributed by atoms with Gasteiger partial charge in [0.05, 0.1) is 11.5 Å². The van der Waals surface area contributed by atoms with Crippen molar-refractivity contribution in [1.82, 2.24) is 5.32 Å². The molecule has 0 fully saturated rings. The molecule has 0 spiro atoms. The molecule has 110 valence electrons. The summed E-state index contributed by atoms with van der Waals surface area (Å²) >= 11 is 0. The van der Waals surface area contributed by atoms with Crippen molar-refractivity contribution in [2.45, 2.75) is 32.9 Å². The third-order valence-corrected chi connectivity index (χ3v) is 2.78. The first-order chi connectivity index (χ1) is 9.47. The number of rotatable bonds is 7. The molecule has 7 nitrogen and oxygen atoms in total. The van der Waals surface area contributed by atoms with E-state index in [0.717, 1.165) is 6.42 Å². The predicted molar refractivity (Wildman–Crippen MR) is 72.4 cm³/mol. The highest BCUT2D eigenvalue weighted by Gasteiger charge is 2.17. The van der Waals surface area contributed by atoms with Gasteiger partial charge >= 0.3 is 5.69 Å². The summed E-state index contributed by atoms with van der Waals surface area (Å²) in [6, 6.07) is 4.13. The van der Waals surface area contributed by atoms with Crippen LogP contribution < -0.4 is 10.1 Å². The fourth-order valence-corrected chi connectivity index (χ4v) is 1.49. The van der Waals surface area contributed by atoms with Crippen LogP contribution in [0.5, 0.6) is 5.75 Å². The number of nitrogens with zero attached hydrogens (tertiary/aromatic N) is 1. The number of carbonyl (C=O) groups is 1. The summed E-state index contributed by atoms with van der Waals surface area (Å²) in [6.45, 7) is 3.21. The average molecular weight is 282 g/mol. The van der Waals surface area contributed by atoms with Crippen LogP contribution in [0, 0.1) is 10.1 Å². The summed E-state index contributed by atoms with van der Waals surface area (Å²) in [7, 11) is 0. The number of nitro benzene ring substituents is 1. The molecule has 20 heavy (non-hydrogen) atoms. The second kappa shape index (κ2) is 7.44. The van der Waals surface area contributed by atoms with Crippen LogP contribution in [-0.4, -0.2) is 28.6 Å². The molecule has 1 aromatic carbocycles. The van der Waals surface area contributed by atoms with E-state index in [0.29, 0.717) is 5.56 Å². The molecular formula is C13H18N2O5. The normalized spacial score (nSPS) is 11.8. The lowest BCUT2D eigenvalue weighted by Gasteiger charge is -2.12. The van der Waals surface area contributed by atoms with E-state index in [4.69, 9.17) is 9.84 Å². The van der Waals surface area contributed by atoms with Gasteiger partial charge in [0.2, 0.25) is 0 Å². The molecule has 0 saturated carbocycles. The number of carbonyl (C=O) groups excluding carboxylic acids is 1. The highest BCUT2D eigenvalue weighted by Crippen LogP contribution is 2.27. The Morgan fingerprint density at radius 3 is 2.80 bits per heavy atom. The maximum absolute atomic E-state index is 11.5. The monoisotopic (exact) mass is 282 g/mol. The molecule has 0 bridgehead atoms. The minimum Gasteiger partial charge on any atom is -0.477 e. The maximum atomic E-state index is 11.5. The topological polar surface area (TPSA) is 102 Å². The molecule has 0 aliphatic rings. The molecule has 1 aromatic rings. The van der Waals surface area contributed by atoms with E-state index >= 15 is 0 Å². The van der Waals surface area contributed by atoms with Crippen LogP contribution in [0.2, 0.25) is 0 Å². The molecule has 2 N–H and O–H groups in total. The van der Waals surface area contributed by atoms with Crippen LogP contribution in [0.1, 0.15) is 25.8 Å². The van der Waals surface area contributed by atoms with Gasteiger partial charge < -0.3 is 15.2 Å². The SMILES string of the molecule is CCC(C)NC(=O)COc1ccc(CO)cc1[N+](=O)[O-]. The molecule has 1 unspecified atom stereocenters.